The first-order valence-corrected chi connectivity index (χ1v) is 10.3. The summed E-state index contributed by atoms with van der Waals surface area (Å²) in [6, 6.07) is 8.04. The Bertz CT molecular complexity index is 912. The van der Waals surface area contributed by atoms with Gasteiger partial charge in [-0.15, -0.1) is 0 Å². The number of allylic oxidation sites excluding steroid dienone is 1. The zero-order valence-corrected chi connectivity index (χ0v) is 16.8. The third kappa shape index (κ3) is 3.83. The van der Waals surface area contributed by atoms with Crippen molar-refractivity contribution in [3.05, 3.63) is 76.7 Å². The number of ether oxygens (including phenoxy) is 1. The molecule has 2 atom stereocenters. The van der Waals surface area contributed by atoms with E-state index in [4.69, 9.17) is 16.3 Å². The molecule has 0 amide bonds. The van der Waals surface area contributed by atoms with Gasteiger partial charge in [-0.3, -0.25) is 9.89 Å². The molecule has 1 aromatic carbocycles. The maximum Gasteiger partial charge on any atom is 0.145 e. The van der Waals surface area contributed by atoms with Gasteiger partial charge < -0.3 is 20.3 Å². The number of hydrogen-bond donors (Lipinski definition) is 2. The molecule has 0 spiro atoms. The first-order chi connectivity index (χ1) is 14.3. The van der Waals surface area contributed by atoms with Gasteiger partial charge in [0.15, 0.2) is 0 Å². The lowest BCUT2D eigenvalue weighted by Gasteiger charge is -2.33. The fourth-order valence-electron chi connectivity index (χ4n) is 4.01. The van der Waals surface area contributed by atoms with Crippen LogP contribution in [0.2, 0.25) is 5.02 Å². The van der Waals surface area contributed by atoms with Gasteiger partial charge in [0.2, 0.25) is 0 Å². The Balaban J connectivity index is 1.49. The molecular weight excluding hydrogens is 386 g/mol. The third-order valence-electron chi connectivity index (χ3n) is 5.55. The summed E-state index contributed by atoms with van der Waals surface area (Å²) in [5.74, 6) is 0. The van der Waals surface area contributed by atoms with Crippen molar-refractivity contribution in [2.45, 2.75) is 12.3 Å². The molecule has 0 saturated carbocycles. The Morgan fingerprint density at radius 1 is 1.17 bits per heavy atom. The smallest absolute Gasteiger partial charge is 0.145 e. The van der Waals surface area contributed by atoms with Crippen LogP contribution < -0.4 is 10.6 Å². The summed E-state index contributed by atoms with van der Waals surface area (Å²) in [6.45, 7) is 4.33. The Morgan fingerprint density at radius 3 is 2.76 bits per heavy atom. The topological polar surface area (TPSA) is 52.1 Å². The fourth-order valence-corrected chi connectivity index (χ4v) is 4.14. The van der Waals surface area contributed by atoms with Crippen LogP contribution in [0.1, 0.15) is 5.56 Å². The van der Waals surface area contributed by atoms with E-state index >= 15 is 0 Å². The molecule has 150 valence electrons. The molecular formula is C22H24ClN5O. The molecule has 6 nitrogen and oxygen atoms in total. The molecule has 5 rings (SSSR count). The molecule has 0 aliphatic carbocycles. The molecule has 1 fully saturated rings. The number of nitrogens with one attached hydrogen (secondary N) is 2. The van der Waals surface area contributed by atoms with Crippen molar-refractivity contribution >= 4 is 23.5 Å². The minimum Gasteiger partial charge on any atom is -0.379 e. The summed E-state index contributed by atoms with van der Waals surface area (Å²) in [5, 5.41) is 7.75. The average Bonchev–Trinajstić information content (AvgIpc) is 3.13. The first kappa shape index (κ1) is 18.5. The second-order valence-electron chi connectivity index (χ2n) is 7.43. The Hall–Kier alpha value is -2.54. The van der Waals surface area contributed by atoms with Gasteiger partial charge in [-0.1, -0.05) is 29.8 Å². The van der Waals surface area contributed by atoms with Crippen molar-refractivity contribution in [3.8, 4) is 0 Å². The monoisotopic (exact) mass is 409 g/mol. The lowest BCUT2D eigenvalue weighted by Crippen LogP contribution is -2.41. The normalized spacial score (nSPS) is 26.2. The van der Waals surface area contributed by atoms with Gasteiger partial charge in [0.25, 0.3) is 0 Å². The summed E-state index contributed by atoms with van der Waals surface area (Å²) in [5.41, 5.74) is 4.70. The van der Waals surface area contributed by atoms with E-state index in [2.05, 4.69) is 55.9 Å². The number of halogens is 1. The van der Waals surface area contributed by atoms with Crippen LogP contribution in [0, 0.1) is 0 Å². The molecule has 2 N–H and O–H groups in total. The number of aliphatic imine (C=N–C) groups is 1. The zero-order valence-electron chi connectivity index (χ0n) is 16.1. The van der Waals surface area contributed by atoms with E-state index in [-0.39, 0.29) is 12.3 Å². The zero-order chi connectivity index (χ0) is 19.6. The van der Waals surface area contributed by atoms with Gasteiger partial charge in [0.1, 0.15) is 12.3 Å². The van der Waals surface area contributed by atoms with Crippen molar-refractivity contribution in [2.24, 2.45) is 4.99 Å². The molecule has 1 aromatic rings. The highest BCUT2D eigenvalue weighted by molar-refractivity contribution is 6.30. The van der Waals surface area contributed by atoms with Crippen LogP contribution in [0.5, 0.6) is 0 Å². The standard InChI is InChI=1S/C22H24ClN5O/c23-18-5-2-16(3-6-18)21-19(15-27-10-12-29-13-11-27)28-14-17(4-7-20(28)26-21)22-24-8-1-9-25-22/h1-9,14,20,22,24,26H,10-13,15H2. The van der Waals surface area contributed by atoms with E-state index in [1.54, 1.807) is 0 Å². The van der Waals surface area contributed by atoms with E-state index in [1.807, 2.05) is 30.6 Å². The SMILES string of the molecule is Clc1ccc(C2=C(CN3CCOCC3)N3C=C(C4N=CC=CN4)C=CC3N2)cc1. The van der Waals surface area contributed by atoms with E-state index < -0.39 is 0 Å². The second-order valence-corrected chi connectivity index (χ2v) is 7.86. The van der Waals surface area contributed by atoms with Crippen molar-refractivity contribution < 1.29 is 4.74 Å². The van der Waals surface area contributed by atoms with Gasteiger partial charge in [-0.2, -0.15) is 0 Å². The number of morpholine rings is 1. The lowest BCUT2D eigenvalue weighted by molar-refractivity contribution is 0.0401. The lowest BCUT2D eigenvalue weighted by atomic mass is 10.1. The Morgan fingerprint density at radius 2 is 2.00 bits per heavy atom. The summed E-state index contributed by atoms with van der Waals surface area (Å²) < 4.78 is 5.54. The van der Waals surface area contributed by atoms with Gasteiger partial charge in [-0.25, -0.2) is 0 Å². The molecule has 1 saturated heterocycles. The summed E-state index contributed by atoms with van der Waals surface area (Å²) in [6.07, 6.45) is 12.3. The molecule has 4 aliphatic rings. The van der Waals surface area contributed by atoms with Crippen LogP contribution in [0.4, 0.5) is 0 Å². The highest BCUT2D eigenvalue weighted by Gasteiger charge is 2.33. The summed E-state index contributed by atoms with van der Waals surface area (Å²) >= 11 is 6.12. The highest BCUT2D eigenvalue weighted by atomic mass is 35.5. The second kappa shape index (κ2) is 8.06. The van der Waals surface area contributed by atoms with Crippen LogP contribution in [-0.2, 0) is 4.74 Å². The average molecular weight is 410 g/mol. The largest absolute Gasteiger partial charge is 0.379 e. The molecule has 0 radical (unpaired) electrons. The van der Waals surface area contributed by atoms with Crippen LogP contribution in [0.3, 0.4) is 0 Å². The maximum atomic E-state index is 6.12. The van der Waals surface area contributed by atoms with E-state index in [1.165, 1.54) is 5.70 Å². The molecule has 0 aromatic heterocycles. The van der Waals surface area contributed by atoms with Crippen LogP contribution in [0.25, 0.3) is 5.70 Å². The quantitative estimate of drug-likeness (QED) is 0.800. The first-order valence-electron chi connectivity index (χ1n) is 9.96. The molecule has 0 bridgehead atoms. The summed E-state index contributed by atoms with van der Waals surface area (Å²) in [4.78, 5) is 9.33. The van der Waals surface area contributed by atoms with E-state index in [9.17, 15) is 0 Å². The van der Waals surface area contributed by atoms with Gasteiger partial charge in [0.05, 0.1) is 24.6 Å². The minimum atomic E-state index is -0.0542. The third-order valence-corrected chi connectivity index (χ3v) is 5.80. The fraction of sp³-hybridized carbons (Fsp3) is 0.318. The van der Waals surface area contributed by atoms with Crippen LogP contribution in [0.15, 0.2) is 71.2 Å². The number of nitrogens with zero attached hydrogens (tertiary/aromatic N) is 3. The molecule has 4 heterocycles. The summed E-state index contributed by atoms with van der Waals surface area (Å²) in [7, 11) is 0. The van der Waals surface area contributed by atoms with Gasteiger partial charge >= 0.3 is 0 Å². The number of rotatable bonds is 4. The van der Waals surface area contributed by atoms with Crippen molar-refractivity contribution in [1.82, 2.24) is 20.4 Å². The molecule has 4 aliphatic heterocycles. The molecule has 2 unspecified atom stereocenters. The van der Waals surface area contributed by atoms with Crippen molar-refractivity contribution in [1.29, 1.82) is 0 Å². The minimum absolute atomic E-state index is 0.0542. The highest BCUT2D eigenvalue weighted by Crippen LogP contribution is 2.33. The predicted molar refractivity (Wildman–Crippen MR) is 116 cm³/mol. The van der Waals surface area contributed by atoms with Gasteiger partial charge in [-0.05, 0) is 36.0 Å². The van der Waals surface area contributed by atoms with E-state index in [0.29, 0.717) is 0 Å². The van der Waals surface area contributed by atoms with Crippen molar-refractivity contribution in [2.75, 3.05) is 32.8 Å². The number of benzene rings is 1. The van der Waals surface area contributed by atoms with Gasteiger partial charge in [0, 0.05) is 42.6 Å². The molecule has 29 heavy (non-hydrogen) atoms. The van der Waals surface area contributed by atoms with Crippen LogP contribution in [-0.4, -0.2) is 61.2 Å². The Labute approximate surface area is 175 Å². The number of hydrogen-bond acceptors (Lipinski definition) is 6. The predicted octanol–water partition coefficient (Wildman–Crippen LogP) is 2.54. The maximum absolute atomic E-state index is 6.12. The van der Waals surface area contributed by atoms with Crippen LogP contribution >= 0.6 is 11.6 Å². The molecule has 7 heteroatoms. The number of fused-ring (bicyclic) bond motifs is 1. The van der Waals surface area contributed by atoms with E-state index in [0.717, 1.165) is 54.7 Å². The van der Waals surface area contributed by atoms with Crippen molar-refractivity contribution in [3.63, 3.8) is 0 Å². The Kier molecular flexibility index (Phi) is 5.14.